The van der Waals surface area contributed by atoms with Gasteiger partial charge in [0, 0.05) is 6.07 Å². The first kappa shape index (κ1) is 10.0. The lowest BCUT2D eigenvalue weighted by atomic mass is 10.0. The van der Waals surface area contributed by atoms with Gasteiger partial charge in [-0.3, -0.25) is 4.79 Å². The zero-order valence-corrected chi connectivity index (χ0v) is 7.47. The summed E-state index contributed by atoms with van der Waals surface area (Å²) < 4.78 is 42.3. The third-order valence-electron chi connectivity index (χ3n) is 2.53. The number of nitrogens with two attached hydrogens (primary N) is 1. The molecular weight excluding hydrogens is 213 g/mol. The van der Waals surface area contributed by atoms with Crippen LogP contribution < -0.4 is 5.73 Å². The number of rotatable bonds is 2. The zero-order chi connectivity index (χ0) is 11.3. The molecule has 0 aliphatic heterocycles. The minimum absolute atomic E-state index is 0.0378. The maximum Gasteiger partial charge on any atom is 0.401 e. The van der Waals surface area contributed by atoms with Gasteiger partial charge in [-0.2, -0.15) is 13.2 Å². The average molecular weight is 220 g/mol. The van der Waals surface area contributed by atoms with Gasteiger partial charge in [0.15, 0.2) is 11.5 Å². The average Bonchev–Trinajstić information content (AvgIpc) is 2.77. The summed E-state index contributed by atoms with van der Waals surface area (Å²) >= 11 is 0. The molecule has 0 aromatic carbocycles. The van der Waals surface area contributed by atoms with Gasteiger partial charge in [-0.15, -0.1) is 0 Å². The highest BCUT2D eigenvalue weighted by molar-refractivity contribution is 5.90. The Kier molecular flexibility index (Phi) is 1.83. The van der Waals surface area contributed by atoms with Gasteiger partial charge in [0.1, 0.15) is 5.41 Å². The highest BCUT2D eigenvalue weighted by Gasteiger charge is 2.66. The summed E-state index contributed by atoms with van der Waals surface area (Å²) in [5.74, 6) is -1.23. The molecule has 1 aliphatic carbocycles. The van der Waals surface area contributed by atoms with Crippen molar-refractivity contribution in [3.63, 3.8) is 0 Å². The van der Waals surface area contributed by atoms with E-state index in [1.54, 1.807) is 0 Å². The van der Waals surface area contributed by atoms with Crippen LogP contribution in [0.15, 0.2) is 10.6 Å². The maximum absolute atomic E-state index is 12.6. The molecule has 1 heterocycles. The fourth-order valence-corrected chi connectivity index (χ4v) is 1.41. The van der Waals surface area contributed by atoms with Crippen LogP contribution in [0.5, 0.6) is 0 Å². The molecule has 1 fully saturated rings. The molecule has 1 aliphatic rings. The van der Waals surface area contributed by atoms with Crippen LogP contribution in [0.25, 0.3) is 0 Å². The van der Waals surface area contributed by atoms with Crippen molar-refractivity contribution in [3.05, 3.63) is 17.5 Å². The van der Waals surface area contributed by atoms with Crippen molar-refractivity contribution in [2.75, 3.05) is 0 Å². The molecule has 1 aromatic rings. The zero-order valence-electron chi connectivity index (χ0n) is 7.47. The van der Waals surface area contributed by atoms with Gasteiger partial charge in [-0.25, -0.2) is 0 Å². The summed E-state index contributed by atoms with van der Waals surface area (Å²) in [6.45, 7) is 0. The number of hydrogen-bond acceptors (Lipinski definition) is 3. The molecule has 2 N–H and O–H groups in total. The predicted octanol–water partition coefficient (Wildman–Crippen LogP) is 1.37. The second kappa shape index (κ2) is 2.74. The second-order valence-electron chi connectivity index (χ2n) is 3.52. The number of nitrogens with zero attached hydrogens (tertiary/aromatic N) is 1. The number of alkyl halides is 3. The standard InChI is InChI=1S/C8H7F3N2O2/c9-8(10,11)7(1-2-7)5-3-4(6(12)14)13-15-5/h3H,1-2H2,(H2,12,14). The van der Waals surface area contributed by atoms with E-state index in [2.05, 4.69) is 9.68 Å². The van der Waals surface area contributed by atoms with Gasteiger partial charge < -0.3 is 10.3 Å². The Bertz CT molecular complexity index is 406. The first-order valence-corrected chi connectivity index (χ1v) is 4.20. The lowest BCUT2D eigenvalue weighted by Crippen LogP contribution is -2.28. The molecule has 0 radical (unpaired) electrons. The summed E-state index contributed by atoms with van der Waals surface area (Å²) in [5, 5.41) is 3.19. The van der Waals surface area contributed by atoms with E-state index < -0.39 is 17.5 Å². The Balaban J connectivity index is 2.35. The molecule has 82 valence electrons. The Morgan fingerprint density at radius 1 is 1.53 bits per heavy atom. The number of hydrogen-bond donors (Lipinski definition) is 1. The SMILES string of the molecule is NC(=O)c1cc(C2(C(F)(F)F)CC2)on1. The number of carbonyl (C=O) groups is 1. The van der Waals surface area contributed by atoms with Gasteiger partial charge >= 0.3 is 6.18 Å². The van der Waals surface area contributed by atoms with Crippen LogP contribution in [0, 0.1) is 0 Å². The Hall–Kier alpha value is -1.53. The second-order valence-corrected chi connectivity index (χ2v) is 3.52. The number of primary amides is 1. The van der Waals surface area contributed by atoms with Gasteiger partial charge in [-0.1, -0.05) is 5.16 Å². The number of aromatic nitrogens is 1. The van der Waals surface area contributed by atoms with Crippen molar-refractivity contribution in [2.24, 2.45) is 5.73 Å². The first-order valence-electron chi connectivity index (χ1n) is 4.20. The summed E-state index contributed by atoms with van der Waals surface area (Å²) in [7, 11) is 0. The van der Waals surface area contributed by atoms with E-state index in [-0.39, 0.29) is 24.3 Å². The first-order chi connectivity index (χ1) is 6.87. The molecule has 1 saturated carbocycles. The molecular formula is C8H7F3N2O2. The van der Waals surface area contributed by atoms with E-state index in [9.17, 15) is 18.0 Å². The van der Waals surface area contributed by atoms with E-state index in [0.717, 1.165) is 6.07 Å². The summed E-state index contributed by atoms with van der Waals surface area (Å²) in [5.41, 5.74) is 2.63. The number of carbonyl (C=O) groups excluding carboxylic acids is 1. The van der Waals surface area contributed by atoms with Crippen molar-refractivity contribution >= 4 is 5.91 Å². The lowest BCUT2D eigenvalue weighted by Gasteiger charge is -2.14. The molecule has 2 rings (SSSR count). The molecule has 0 spiro atoms. The largest absolute Gasteiger partial charge is 0.401 e. The van der Waals surface area contributed by atoms with Crippen LogP contribution >= 0.6 is 0 Å². The molecule has 15 heavy (non-hydrogen) atoms. The molecule has 0 saturated heterocycles. The summed E-state index contributed by atoms with van der Waals surface area (Å²) in [6.07, 6.45) is -4.45. The van der Waals surface area contributed by atoms with Crippen molar-refractivity contribution in [3.8, 4) is 0 Å². The minimum Gasteiger partial charge on any atom is -0.364 e. The van der Waals surface area contributed by atoms with Crippen LogP contribution in [0.2, 0.25) is 0 Å². The van der Waals surface area contributed by atoms with Crippen LogP contribution in [0.3, 0.4) is 0 Å². The normalized spacial score (nSPS) is 18.9. The van der Waals surface area contributed by atoms with Gasteiger partial charge in [0.25, 0.3) is 5.91 Å². The Morgan fingerprint density at radius 2 is 2.13 bits per heavy atom. The van der Waals surface area contributed by atoms with E-state index >= 15 is 0 Å². The van der Waals surface area contributed by atoms with Crippen molar-refractivity contribution in [1.82, 2.24) is 5.16 Å². The molecule has 1 aromatic heterocycles. The fourth-order valence-electron chi connectivity index (χ4n) is 1.41. The maximum atomic E-state index is 12.6. The molecule has 7 heteroatoms. The number of halogens is 3. The predicted molar refractivity (Wildman–Crippen MR) is 42.0 cm³/mol. The monoisotopic (exact) mass is 220 g/mol. The van der Waals surface area contributed by atoms with Crippen molar-refractivity contribution in [1.29, 1.82) is 0 Å². The topological polar surface area (TPSA) is 69.1 Å². The lowest BCUT2D eigenvalue weighted by molar-refractivity contribution is -0.165. The Morgan fingerprint density at radius 3 is 2.47 bits per heavy atom. The summed E-state index contributed by atoms with van der Waals surface area (Å²) in [6, 6.07) is 0.961. The van der Waals surface area contributed by atoms with E-state index in [4.69, 9.17) is 5.73 Å². The van der Waals surface area contributed by atoms with Gasteiger partial charge in [0.05, 0.1) is 0 Å². The highest BCUT2D eigenvalue weighted by Crippen LogP contribution is 2.58. The van der Waals surface area contributed by atoms with Crippen LogP contribution in [0.1, 0.15) is 29.1 Å². The van der Waals surface area contributed by atoms with Crippen LogP contribution in [-0.4, -0.2) is 17.2 Å². The third kappa shape index (κ3) is 1.38. The Labute approximate surface area is 82.2 Å². The molecule has 0 unspecified atom stereocenters. The van der Waals surface area contributed by atoms with E-state index in [0.29, 0.717) is 0 Å². The van der Waals surface area contributed by atoms with E-state index in [1.165, 1.54) is 0 Å². The van der Waals surface area contributed by atoms with Crippen LogP contribution in [-0.2, 0) is 5.41 Å². The third-order valence-corrected chi connectivity index (χ3v) is 2.53. The molecule has 4 nitrogen and oxygen atoms in total. The van der Waals surface area contributed by atoms with E-state index in [1.807, 2.05) is 0 Å². The minimum atomic E-state index is -4.37. The molecule has 0 atom stereocenters. The smallest absolute Gasteiger partial charge is 0.364 e. The fraction of sp³-hybridized carbons (Fsp3) is 0.500. The van der Waals surface area contributed by atoms with Crippen LogP contribution in [0.4, 0.5) is 13.2 Å². The van der Waals surface area contributed by atoms with Gasteiger partial charge in [0.2, 0.25) is 0 Å². The molecule has 1 amide bonds. The molecule has 0 bridgehead atoms. The van der Waals surface area contributed by atoms with Crippen molar-refractivity contribution < 1.29 is 22.5 Å². The van der Waals surface area contributed by atoms with Gasteiger partial charge in [-0.05, 0) is 12.8 Å². The van der Waals surface area contributed by atoms with Crippen molar-refractivity contribution in [2.45, 2.75) is 24.4 Å². The number of amides is 1. The quantitative estimate of drug-likeness (QED) is 0.818. The highest BCUT2D eigenvalue weighted by atomic mass is 19.4. The summed E-state index contributed by atoms with van der Waals surface area (Å²) in [4.78, 5) is 10.6.